The molecule has 45 heavy (non-hydrogen) atoms. The number of hydrogen-bond donors (Lipinski definition) is 4. The lowest BCUT2D eigenvalue weighted by Gasteiger charge is -2.18. The van der Waals surface area contributed by atoms with Gasteiger partial charge in [-0.3, -0.25) is 9.59 Å². The number of nitrogens with zero attached hydrogens (tertiary/aromatic N) is 1. The topological polar surface area (TPSA) is 153 Å². The molecule has 232 valence electrons. The van der Waals surface area contributed by atoms with Crippen LogP contribution in [-0.2, 0) is 13.0 Å². The van der Waals surface area contributed by atoms with Crippen LogP contribution in [0.15, 0.2) is 53.9 Å². The van der Waals surface area contributed by atoms with Crippen molar-refractivity contribution in [3.8, 4) is 33.1 Å². The minimum atomic E-state index is -1.33. The van der Waals surface area contributed by atoms with E-state index in [1.165, 1.54) is 12.1 Å². The molecule has 10 nitrogen and oxygen atoms in total. The minimum absolute atomic E-state index is 0.0257. The quantitative estimate of drug-likeness (QED) is 0.164. The number of amides is 2. The molecule has 4 aromatic rings. The first-order valence-electron chi connectivity index (χ1n) is 15.0. The summed E-state index contributed by atoms with van der Waals surface area (Å²) in [4.78, 5) is 44.5. The number of carboxylic acids is 1. The Morgan fingerprint density at radius 1 is 1.07 bits per heavy atom. The molecule has 2 amide bonds. The van der Waals surface area contributed by atoms with Crippen LogP contribution in [0, 0.1) is 5.92 Å². The number of pyridine rings is 1. The van der Waals surface area contributed by atoms with Crippen LogP contribution in [0.1, 0.15) is 68.6 Å². The fourth-order valence-electron chi connectivity index (χ4n) is 5.22. The number of nitrogens with two attached hydrogens (primary N) is 1. The maximum Gasteiger partial charge on any atom is 0.355 e. The van der Waals surface area contributed by atoms with Gasteiger partial charge < -0.3 is 30.9 Å². The van der Waals surface area contributed by atoms with Crippen molar-refractivity contribution in [3.05, 3.63) is 82.0 Å². The van der Waals surface area contributed by atoms with Crippen LogP contribution < -0.4 is 25.8 Å². The van der Waals surface area contributed by atoms with Crippen LogP contribution in [0.5, 0.6) is 11.5 Å². The predicted molar refractivity (Wildman–Crippen MR) is 172 cm³/mol. The molecule has 1 aliphatic carbocycles. The molecule has 0 bridgehead atoms. The lowest BCUT2D eigenvalue weighted by molar-refractivity contribution is 0.0691. The number of carbonyl (C=O) groups is 3. The molecule has 0 unspecified atom stereocenters. The lowest BCUT2D eigenvalue weighted by Crippen LogP contribution is -2.25. The van der Waals surface area contributed by atoms with Gasteiger partial charge in [-0.05, 0) is 84.2 Å². The molecule has 6 rings (SSSR count). The van der Waals surface area contributed by atoms with E-state index in [9.17, 15) is 19.5 Å². The predicted octanol–water partition coefficient (Wildman–Crippen LogP) is 5.75. The summed E-state index contributed by atoms with van der Waals surface area (Å²) >= 11 is 1.55. The van der Waals surface area contributed by atoms with Crippen molar-refractivity contribution in [3.63, 3.8) is 0 Å². The standard InChI is InChI=1S/C34H34N4O6S/c1-2-11-36-33(40)27-8-6-22(30(37-27)34(41)42)23-16-28-25(31-21(9-12-43-28)10-13-45-31)15-24(23)32(39)38-26-7-5-20(17-35)14-29(26)44-18-19-3-4-19/h5-8,10,13-16,19H,2-4,9,11-12,17-18,35H2,1H3,(H,36,40)(H,38,39)(H,41,42). The number of fused-ring (bicyclic) bond motifs is 3. The summed E-state index contributed by atoms with van der Waals surface area (Å²) in [5.74, 6) is -0.711. The summed E-state index contributed by atoms with van der Waals surface area (Å²) < 4.78 is 12.2. The second-order valence-corrected chi connectivity index (χ2v) is 12.1. The largest absolute Gasteiger partial charge is 0.493 e. The third kappa shape index (κ3) is 6.54. The molecule has 0 radical (unpaired) electrons. The maximum absolute atomic E-state index is 14.2. The first-order chi connectivity index (χ1) is 21.9. The molecule has 2 aliphatic rings. The molecule has 2 aromatic carbocycles. The van der Waals surface area contributed by atoms with Crippen LogP contribution in [0.25, 0.3) is 21.6 Å². The van der Waals surface area contributed by atoms with Gasteiger partial charge in [0, 0.05) is 46.6 Å². The van der Waals surface area contributed by atoms with Gasteiger partial charge in [0.05, 0.1) is 18.9 Å². The number of aromatic carboxylic acids is 1. The van der Waals surface area contributed by atoms with E-state index in [-0.39, 0.29) is 22.5 Å². The second-order valence-electron chi connectivity index (χ2n) is 11.2. The highest BCUT2D eigenvalue weighted by molar-refractivity contribution is 7.13. The molecular weight excluding hydrogens is 592 g/mol. The molecule has 0 atom stereocenters. The van der Waals surface area contributed by atoms with E-state index in [0.29, 0.717) is 61.4 Å². The fraction of sp³-hybridized carbons (Fsp3) is 0.294. The van der Waals surface area contributed by atoms with Crippen molar-refractivity contribution in [1.29, 1.82) is 0 Å². The molecule has 5 N–H and O–H groups in total. The Bertz CT molecular complexity index is 1780. The minimum Gasteiger partial charge on any atom is -0.493 e. The van der Waals surface area contributed by atoms with Gasteiger partial charge in [-0.25, -0.2) is 9.78 Å². The summed E-state index contributed by atoms with van der Waals surface area (Å²) in [5.41, 5.74) is 9.44. The lowest BCUT2D eigenvalue weighted by atomic mass is 9.93. The molecule has 0 spiro atoms. The Morgan fingerprint density at radius 2 is 1.91 bits per heavy atom. The number of benzene rings is 2. The average molecular weight is 627 g/mol. The van der Waals surface area contributed by atoms with Crippen LogP contribution in [0.3, 0.4) is 0 Å². The van der Waals surface area contributed by atoms with Crippen LogP contribution in [-0.4, -0.2) is 47.6 Å². The number of hydrogen-bond acceptors (Lipinski definition) is 8. The van der Waals surface area contributed by atoms with Crippen molar-refractivity contribution in [1.82, 2.24) is 10.3 Å². The van der Waals surface area contributed by atoms with Gasteiger partial charge in [-0.1, -0.05) is 13.0 Å². The van der Waals surface area contributed by atoms with E-state index in [0.717, 1.165) is 40.8 Å². The number of carbonyl (C=O) groups excluding carboxylic acids is 2. The van der Waals surface area contributed by atoms with Gasteiger partial charge in [-0.15, -0.1) is 11.3 Å². The molecule has 11 heteroatoms. The summed E-state index contributed by atoms with van der Waals surface area (Å²) in [5, 5.41) is 17.9. The zero-order valence-corrected chi connectivity index (χ0v) is 25.7. The van der Waals surface area contributed by atoms with Crippen LogP contribution in [0.4, 0.5) is 5.69 Å². The summed E-state index contributed by atoms with van der Waals surface area (Å²) in [6.45, 7) is 3.65. The van der Waals surface area contributed by atoms with Crippen LogP contribution in [0.2, 0.25) is 0 Å². The van der Waals surface area contributed by atoms with E-state index in [1.807, 2.05) is 30.5 Å². The molecule has 1 fully saturated rings. The molecule has 1 saturated carbocycles. The van der Waals surface area contributed by atoms with Crippen molar-refractivity contribution in [2.45, 2.75) is 39.2 Å². The second kappa shape index (κ2) is 13.1. The highest BCUT2D eigenvalue weighted by atomic mass is 32.1. The highest BCUT2D eigenvalue weighted by Crippen LogP contribution is 2.43. The number of thiophene rings is 1. The molecule has 0 saturated heterocycles. The van der Waals surface area contributed by atoms with Crippen molar-refractivity contribution >= 4 is 34.8 Å². The monoisotopic (exact) mass is 626 g/mol. The smallest absolute Gasteiger partial charge is 0.355 e. The van der Waals surface area contributed by atoms with E-state index in [2.05, 4.69) is 15.6 Å². The van der Waals surface area contributed by atoms with Gasteiger partial charge in [0.2, 0.25) is 0 Å². The van der Waals surface area contributed by atoms with Gasteiger partial charge >= 0.3 is 5.97 Å². The number of anilines is 1. The number of aromatic nitrogens is 1. The van der Waals surface area contributed by atoms with Crippen molar-refractivity contribution < 1.29 is 29.0 Å². The van der Waals surface area contributed by atoms with E-state index in [4.69, 9.17) is 15.2 Å². The zero-order valence-electron chi connectivity index (χ0n) is 24.9. The van der Waals surface area contributed by atoms with Gasteiger partial charge in [0.25, 0.3) is 11.8 Å². The molecule has 3 heterocycles. The number of ether oxygens (including phenoxy) is 2. The summed E-state index contributed by atoms with van der Waals surface area (Å²) in [6, 6.07) is 13.9. The van der Waals surface area contributed by atoms with E-state index < -0.39 is 17.8 Å². The van der Waals surface area contributed by atoms with Crippen LogP contribution >= 0.6 is 11.3 Å². The van der Waals surface area contributed by atoms with Gasteiger partial charge in [0.15, 0.2) is 5.69 Å². The maximum atomic E-state index is 14.2. The zero-order chi connectivity index (χ0) is 31.5. The molecular formula is C34H34N4O6S. The Balaban J connectivity index is 1.46. The highest BCUT2D eigenvalue weighted by Gasteiger charge is 2.27. The summed E-state index contributed by atoms with van der Waals surface area (Å²) in [7, 11) is 0. The summed E-state index contributed by atoms with van der Waals surface area (Å²) in [6.07, 6.45) is 3.64. The Kier molecular flexibility index (Phi) is 8.81. The number of rotatable bonds is 11. The number of carboxylic acid groups (broad SMARTS) is 1. The molecule has 1 aliphatic heterocycles. The average Bonchev–Trinajstić information content (AvgIpc) is 3.80. The van der Waals surface area contributed by atoms with Gasteiger partial charge in [0.1, 0.15) is 17.2 Å². The Morgan fingerprint density at radius 3 is 2.67 bits per heavy atom. The van der Waals surface area contributed by atoms with E-state index >= 15 is 0 Å². The third-order valence-electron chi connectivity index (χ3n) is 7.84. The Hall–Kier alpha value is -4.74. The third-order valence-corrected chi connectivity index (χ3v) is 8.83. The molecule has 2 aromatic heterocycles. The fourth-order valence-corrected chi connectivity index (χ4v) is 6.20. The first-order valence-corrected chi connectivity index (χ1v) is 15.9. The SMILES string of the molecule is CCCNC(=O)c1ccc(-c2cc3c(cc2C(=O)Nc2ccc(CN)cc2OCC2CC2)-c2sccc2CCO3)c(C(=O)O)n1. The first kappa shape index (κ1) is 30.3. The van der Waals surface area contributed by atoms with E-state index in [1.54, 1.807) is 29.5 Å². The van der Waals surface area contributed by atoms with Gasteiger partial charge in [-0.2, -0.15) is 0 Å². The number of nitrogens with one attached hydrogen (secondary N) is 2. The van der Waals surface area contributed by atoms with Crippen molar-refractivity contribution in [2.75, 3.05) is 25.1 Å². The Labute approximate surface area is 264 Å². The van der Waals surface area contributed by atoms with Crippen molar-refractivity contribution in [2.24, 2.45) is 11.7 Å². The normalized spacial score (nSPS) is 13.6.